The van der Waals surface area contributed by atoms with Gasteiger partial charge in [-0.05, 0) is 6.92 Å². The zero-order valence-electron chi connectivity index (χ0n) is 14.2. The van der Waals surface area contributed by atoms with Crippen LogP contribution in [0.3, 0.4) is 0 Å². The van der Waals surface area contributed by atoms with E-state index in [4.69, 9.17) is 18.9 Å². The van der Waals surface area contributed by atoms with E-state index in [9.17, 15) is 30.6 Å². The van der Waals surface area contributed by atoms with Gasteiger partial charge in [0, 0.05) is 12.5 Å². The molecule has 25 heavy (non-hydrogen) atoms. The Kier molecular flexibility index (Phi) is 7.52. The van der Waals surface area contributed by atoms with Crippen LogP contribution < -0.4 is 0 Å². The molecular formula is C15H28O10. The summed E-state index contributed by atoms with van der Waals surface area (Å²) in [5.41, 5.74) is 0. The second kappa shape index (κ2) is 9.00. The van der Waals surface area contributed by atoms with Crippen LogP contribution >= 0.6 is 0 Å². The van der Waals surface area contributed by atoms with Gasteiger partial charge in [0.1, 0.15) is 30.5 Å². The van der Waals surface area contributed by atoms with Crippen LogP contribution in [0.25, 0.3) is 0 Å². The maximum Gasteiger partial charge on any atom is 0.187 e. The maximum absolute atomic E-state index is 10.3. The third-order valence-electron chi connectivity index (χ3n) is 4.69. The molecule has 0 aromatic rings. The number of hydrogen-bond donors (Lipinski definition) is 6. The van der Waals surface area contributed by atoms with Crippen molar-refractivity contribution in [1.82, 2.24) is 0 Å². The quantitative estimate of drug-likeness (QED) is 0.284. The first-order chi connectivity index (χ1) is 11.8. The minimum absolute atomic E-state index is 0.227. The van der Waals surface area contributed by atoms with Gasteiger partial charge in [0.2, 0.25) is 0 Å². The molecule has 0 radical (unpaired) electrons. The molecule has 0 aromatic carbocycles. The highest BCUT2D eigenvalue weighted by molar-refractivity contribution is 4.93. The molecule has 0 amide bonds. The van der Waals surface area contributed by atoms with Crippen LogP contribution in [0.5, 0.6) is 0 Å². The first-order valence-corrected chi connectivity index (χ1v) is 8.37. The van der Waals surface area contributed by atoms with Crippen LogP contribution in [0.1, 0.15) is 13.8 Å². The maximum atomic E-state index is 10.3. The Morgan fingerprint density at radius 1 is 0.800 bits per heavy atom. The Bertz CT molecular complexity index is 406. The average molecular weight is 368 g/mol. The lowest BCUT2D eigenvalue weighted by molar-refractivity contribution is -0.355. The smallest absolute Gasteiger partial charge is 0.187 e. The lowest BCUT2D eigenvalue weighted by Gasteiger charge is -2.46. The van der Waals surface area contributed by atoms with Crippen molar-refractivity contribution in [2.45, 2.75) is 69.2 Å². The van der Waals surface area contributed by atoms with E-state index in [0.29, 0.717) is 0 Å². The van der Waals surface area contributed by atoms with E-state index in [0.717, 1.165) is 0 Å². The lowest BCUT2D eigenvalue weighted by Crippen LogP contribution is -2.63. The van der Waals surface area contributed by atoms with Crippen LogP contribution in [0.15, 0.2) is 0 Å². The van der Waals surface area contributed by atoms with Crippen molar-refractivity contribution in [1.29, 1.82) is 0 Å². The standard InChI is InChI=1S/C15H28O10/c1-3-22-14-12(21)10(19)13(8(5-17)24-14)25-15-11(20)9(18)6(2)7(4-16)23-15/h6-21H,3-5H2,1-2H3/t6-,7?,8+,9+,10?,11+,12?,13-,14-,15?/m1/s1. The fraction of sp³-hybridized carbons (Fsp3) is 1.00. The number of ether oxygens (including phenoxy) is 4. The first kappa shape index (κ1) is 20.9. The molecule has 0 spiro atoms. The van der Waals surface area contributed by atoms with Crippen molar-refractivity contribution in [3.8, 4) is 0 Å². The Balaban J connectivity index is 2.11. The van der Waals surface area contributed by atoms with Gasteiger partial charge in [-0.1, -0.05) is 6.92 Å². The molecular weight excluding hydrogens is 340 g/mol. The predicted molar refractivity (Wildman–Crippen MR) is 81.2 cm³/mol. The number of rotatable bonds is 6. The zero-order chi connectivity index (χ0) is 18.7. The van der Waals surface area contributed by atoms with Crippen LogP contribution in [-0.4, -0.2) is 106 Å². The van der Waals surface area contributed by atoms with E-state index < -0.39 is 74.4 Å². The fourth-order valence-corrected chi connectivity index (χ4v) is 3.07. The molecule has 10 atom stereocenters. The van der Waals surface area contributed by atoms with Crippen molar-refractivity contribution in [3.05, 3.63) is 0 Å². The summed E-state index contributed by atoms with van der Waals surface area (Å²) in [6, 6.07) is 0. The van der Waals surface area contributed by atoms with Gasteiger partial charge in [-0.3, -0.25) is 0 Å². The Labute approximate surface area is 145 Å². The topological polar surface area (TPSA) is 158 Å². The molecule has 10 nitrogen and oxygen atoms in total. The SMILES string of the molecule is CCO[C@@H]1O[C@@H](CO)[C@@H](OC2OC(CO)[C@@H](C)[C@H](O)[C@@H]2O)C(O)C1O. The second-order valence-electron chi connectivity index (χ2n) is 6.33. The summed E-state index contributed by atoms with van der Waals surface area (Å²) in [5.74, 6) is -0.533. The summed E-state index contributed by atoms with van der Waals surface area (Å²) in [7, 11) is 0. The molecule has 6 N–H and O–H groups in total. The first-order valence-electron chi connectivity index (χ1n) is 8.37. The summed E-state index contributed by atoms with van der Waals surface area (Å²) in [6.45, 7) is 2.58. The van der Waals surface area contributed by atoms with E-state index in [1.165, 1.54) is 0 Å². The molecule has 2 aliphatic rings. The minimum Gasteiger partial charge on any atom is -0.394 e. The molecule has 2 saturated heterocycles. The summed E-state index contributed by atoms with van der Waals surface area (Å²) < 4.78 is 21.5. The molecule has 0 saturated carbocycles. The Morgan fingerprint density at radius 3 is 1.92 bits per heavy atom. The van der Waals surface area contributed by atoms with E-state index in [1.54, 1.807) is 13.8 Å². The molecule has 2 fully saturated rings. The van der Waals surface area contributed by atoms with Gasteiger partial charge in [0.25, 0.3) is 0 Å². The monoisotopic (exact) mass is 368 g/mol. The van der Waals surface area contributed by atoms with Crippen molar-refractivity contribution in [2.75, 3.05) is 19.8 Å². The van der Waals surface area contributed by atoms with Crippen molar-refractivity contribution in [3.63, 3.8) is 0 Å². The van der Waals surface area contributed by atoms with Gasteiger partial charge in [-0.15, -0.1) is 0 Å². The Morgan fingerprint density at radius 2 is 1.36 bits per heavy atom. The number of hydrogen-bond acceptors (Lipinski definition) is 10. The predicted octanol–water partition coefficient (Wildman–Crippen LogP) is -3.08. The van der Waals surface area contributed by atoms with Crippen molar-refractivity contribution in [2.24, 2.45) is 5.92 Å². The molecule has 148 valence electrons. The third kappa shape index (κ3) is 4.30. The molecule has 2 heterocycles. The molecule has 4 unspecified atom stereocenters. The highest BCUT2D eigenvalue weighted by Gasteiger charge is 2.50. The third-order valence-corrected chi connectivity index (χ3v) is 4.69. The van der Waals surface area contributed by atoms with Crippen LogP contribution in [0, 0.1) is 5.92 Å². The Hall–Kier alpha value is -0.400. The molecule has 2 rings (SSSR count). The highest BCUT2D eigenvalue weighted by atomic mass is 16.7. The number of aliphatic hydroxyl groups is 6. The van der Waals surface area contributed by atoms with Crippen molar-refractivity contribution >= 4 is 0 Å². The zero-order valence-corrected chi connectivity index (χ0v) is 14.2. The van der Waals surface area contributed by atoms with Gasteiger partial charge in [0.05, 0.1) is 25.4 Å². The summed E-state index contributed by atoms with van der Waals surface area (Å²) in [4.78, 5) is 0. The second-order valence-corrected chi connectivity index (χ2v) is 6.33. The largest absolute Gasteiger partial charge is 0.394 e. The normalized spacial score (nSPS) is 48.5. The van der Waals surface area contributed by atoms with E-state index in [1.807, 2.05) is 0 Å². The highest BCUT2D eigenvalue weighted by Crippen LogP contribution is 2.31. The van der Waals surface area contributed by atoms with Gasteiger partial charge in [-0.25, -0.2) is 0 Å². The molecule has 0 aromatic heterocycles. The summed E-state index contributed by atoms with van der Waals surface area (Å²) in [6.07, 6.45) is -11.2. The molecule has 10 heteroatoms. The van der Waals surface area contributed by atoms with Crippen molar-refractivity contribution < 1.29 is 49.6 Å². The average Bonchev–Trinajstić information content (AvgIpc) is 2.61. The summed E-state index contributed by atoms with van der Waals surface area (Å²) in [5, 5.41) is 59.4. The molecule has 0 aliphatic carbocycles. The fourth-order valence-electron chi connectivity index (χ4n) is 3.07. The molecule has 0 bridgehead atoms. The van der Waals surface area contributed by atoms with E-state index >= 15 is 0 Å². The van der Waals surface area contributed by atoms with Gasteiger partial charge in [-0.2, -0.15) is 0 Å². The number of aliphatic hydroxyl groups excluding tert-OH is 6. The van der Waals surface area contributed by atoms with E-state index in [2.05, 4.69) is 0 Å². The summed E-state index contributed by atoms with van der Waals surface area (Å²) >= 11 is 0. The lowest BCUT2D eigenvalue weighted by atomic mass is 9.91. The van der Waals surface area contributed by atoms with Crippen LogP contribution in [0.2, 0.25) is 0 Å². The van der Waals surface area contributed by atoms with Gasteiger partial charge >= 0.3 is 0 Å². The van der Waals surface area contributed by atoms with E-state index in [-0.39, 0.29) is 6.61 Å². The van der Waals surface area contributed by atoms with Crippen LogP contribution in [0.4, 0.5) is 0 Å². The van der Waals surface area contributed by atoms with Gasteiger partial charge in [0.15, 0.2) is 12.6 Å². The minimum atomic E-state index is -1.48. The van der Waals surface area contributed by atoms with Gasteiger partial charge < -0.3 is 49.6 Å². The van der Waals surface area contributed by atoms with Crippen LogP contribution in [-0.2, 0) is 18.9 Å². The molecule has 2 aliphatic heterocycles.